The Morgan fingerprint density at radius 2 is 1.57 bits per heavy atom. The number of nitrogens with two attached hydrogens (primary N) is 1. The lowest BCUT2D eigenvalue weighted by molar-refractivity contribution is -0.120. The molecule has 11 nitrogen and oxygen atoms in total. The monoisotopic (exact) mass is 721 g/mol. The number of hydrogen-bond donors (Lipinski definition) is 2. The molecule has 0 saturated heterocycles. The third-order valence-corrected chi connectivity index (χ3v) is 6.51. The average molecular weight is 722 g/mol. The first-order valence-electron chi connectivity index (χ1n) is 17.1. The van der Waals surface area contributed by atoms with Crippen molar-refractivity contribution in [3.63, 3.8) is 0 Å². The van der Waals surface area contributed by atoms with Gasteiger partial charge in [-0.15, -0.1) is 5.10 Å². The standard InChI is InChI=1S/C26H22F4N6O2.C2H5NO2.4C2H6/c1-34-14-17(24(33-34)38-26(29)30)18-16-9-5-10-35(13-15-7-3-2-4-8-15)23(16)31-20(18)19-21(22(27)28)32-36-11-6-12-37-25(19)36;3-2(5)1-4;4*1-2/h2-5,7-10,14,22,26H,6,11-13H2,1H3;4H,1H2,(H2,3,5);4*1-2H3. The summed E-state index contributed by atoms with van der Waals surface area (Å²) in [6.45, 7) is 13.5. The van der Waals surface area contributed by atoms with Crippen LogP contribution in [0.25, 0.3) is 33.8 Å². The van der Waals surface area contributed by atoms with E-state index in [1.165, 1.54) is 15.6 Å². The van der Waals surface area contributed by atoms with E-state index in [0.29, 0.717) is 43.1 Å². The Balaban J connectivity index is 0.000000886. The fourth-order valence-corrected chi connectivity index (χ4v) is 4.84. The number of carbonyl (C=O) groups is 1. The Bertz CT molecular complexity index is 1690. The number of amides is 1. The number of fused-ring (bicyclic) bond motifs is 2. The normalized spacial score (nSPS) is 11.1. The highest BCUT2D eigenvalue weighted by molar-refractivity contribution is 5.97. The van der Waals surface area contributed by atoms with Crippen LogP contribution in [-0.4, -0.2) is 60.0 Å². The summed E-state index contributed by atoms with van der Waals surface area (Å²) in [5, 5.41) is 15.8. The lowest BCUT2D eigenvalue weighted by Gasteiger charge is -2.16. The summed E-state index contributed by atoms with van der Waals surface area (Å²) in [5.74, 6) is -0.378. The number of aliphatic hydroxyl groups excluding tert-OH is 1. The number of aryl methyl sites for hydroxylation is 2. The number of halogens is 4. The number of ether oxygens (including phenoxy) is 2. The number of nitrogens with zero attached hydrogens (tertiary/aromatic N) is 6. The molecule has 0 radical (unpaired) electrons. The van der Waals surface area contributed by atoms with Gasteiger partial charge in [0.15, 0.2) is 0 Å². The summed E-state index contributed by atoms with van der Waals surface area (Å²) in [7, 11) is 1.56. The fraction of sp³-hybridized carbons (Fsp3) is 0.444. The van der Waals surface area contributed by atoms with E-state index in [4.69, 9.17) is 19.6 Å². The molecule has 2 aromatic heterocycles. The Morgan fingerprint density at radius 1 is 0.941 bits per heavy atom. The van der Waals surface area contributed by atoms with Crippen LogP contribution in [0, 0.1) is 0 Å². The molecule has 1 amide bonds. The summed E-state index contributed by atoms with van der Waals surface area (Å²) in [6.07, 6.45) is 1.03. The van der Waals surface area contributed by atoms with Crippen LogP contribution in [0.1, 0.15) is 79.5 Å². The molecule has 3 aromatic rings. The smallest absolute Gasteiger partial charge is 0.388 e. The van der Waals surface area contributed by atoms with Crippen LogP contribution in [0.3, 0.4) is 0 Å². The molecule has 6 rings (SSSR count). The first-order chi connectivity index (χ1) is 24.7. The lowest BCUT2D eigenvalue weighted by Crippen LogP contribution is -2.15. The molecule has 0 atom stereocenters. The molecule has 0 fully saturated rings. The van der Waals surface area contributed by atoms with E-state index in [1.807, 2.05) is 96.5 Å². The predicted molar refractivity (Wildman–Crippen MR) is 191 cm³/mol. The van der Waals surface area contributed by atoms with Crippen molar-refractivity contribution in [3.05, 3.63) is 66.1 Å². The summed E-state index contributed by atoms with van der Waals surface area (Å²) in [5.41, 5.74) is 6.17. The molecular weight excluding hydrogens is 670 g/mol. The van der Waals surface area contributed by atoms with E-state index >= 15 is 0 Å². The zero-order valence-corrected chi connectivity index (χ0v) is 30.8. The summed E-state index contributed by atoms with van der Waals surface area (Å²) >= 11 is 0. The molecule has 1 aromatic carbocycles. The Morgan fingerprint density at radius 3 is 2.14 bits per heavy atom. The van der Waals surface area contributed by atoms with Crippen molar-refractivity contribution >= 4 is 5.91 Å². The zero-order valence-electron chi connectivity index (χ0n) is 30.8. The topological polar surface area (TPSA) is 135 Å². The van der Waals surface area contributed by atoms with Crippen LogP contribution in [0.2, 0.25) is 0 Å². The Hall–Kier alpha value is -4.92. The third kappa shape index (κ3) is 11.3. The molecule has 3 aliphatic heterocycles. The van der Waals surface area contributed by atoms with Crippen LogP contribution < -0.4 is 15.2 Å². The molecule has 282 valence electrons. The van der Waals surface area contributed by atoms with Gasteiger partial charge in [-0.25, -0.2) is 18.4 Å². The Kier molecular flexibility index (Phi) is 19.7. The minimum Gasteiger partial charge on any atom is -0.477 e. The van der Waals surface area contributed by atoms with Gasteiger partial charge in [-0.3, -0.25) is 9.48 Å². The number of aromatic nitrogens is 6. The third-order valence-electron chi connectivity index (χ3n) is 6.51. The van der Waals surface area contributed by atoms with Crippen LogP contribution in [0.15, 0.2) is 54.9 Å². The van der Waals surface area contributed by atoms with E-state index in [1.54, 1.807) is 19.2 Å². The number of benzene rings is 1. The van der Waals surface area contributed by atoms with Crippen LogP contribution in [0.5, 0.6) is 11.8 Å². The molecule has 0 bridgehead atoms. The molecule has 51 heavy (non-hydrogen) atoms. The predicted octanol–water partition coefficient (Wildman–Crippen LogP) is 8.19. The molecular formula is C36H51F4N7O4. The van der Waals surface area contributed by atoms with E-state index in [2.05, 4.69) is 15.9 Å². The van der Waals surface area contributed by atoms with Crippen molar-refractivity contribution in [1.29, 1.82) is 0 Å². The molecule has 0 saturated carbocycles. The molecule has 0 unspecified atom stereocenters. The lowest BCUT2D eigenvalue weighted by atomic mass is 9.98. The molecule has 15 heteroatoms. The van der Waals surface area contributed by atoms with Crippen molar-refractivity contribution < 1.29 is 36.9 Å². The first-order valence-corrected chi connectivity index (χ1v) is 17.1. The largest absolute Gasteiger partial charge is 0.477 e. The number of aliphatic hydroxyl groups is 1. The van der Waals surface area contributed by atoms with Crippen LogP contribution in [-0.2, 0) is 24.9 Å². The first kappa shape index (κ1) is 44.1. The number of hydrogen-bond acceptors (Lipinski definition) is 7. The highest BCUT2D eigenvalue weighted by Gasteiger charge is 2.35. The summed E-state index contributed by atoms with van der Waals surface area (Å²) in [4.78, 5) is 14.2. The number of alkyl halides is 4. The van der Waals surface area contributed by atoms with Gasteiger partial charge in [-0.05, 0) is 17.7 Å². The van der Waals surface area contributed by atoms with E-state index in [0.717, 1.165) is 5.56 Å². The second kappa shape index (κ2) is 22.7. The second-order valence-electron chi connectivity index (χ2n) is 9.51. The van der Waals surface area contributed by atoms with Crippen LogP contribution >= 0.6 is 0 Å². The van der Waals surface area contributed by atoms with Gasteiger partial charge in [0.05, 0.1) is 23.4 Å². The molecule has 0 spiro atoms. The van der Waals surface area contributed by atoms with E-state index < -0.39 is 31.2 Å². The minimum atomic E-state index is -3.13. The highest BCUT2D eigenvalue weighted by atomic mass is 19.3. The number of rotatable bonds is 8. The van der Waals surface area contributed by atoms with E-state index in [9.17, 15) is 22.4 Å². The van der Waals surface area contributed by atoms with Gasteiger partial charge in [0.1, 0.15) is 18.1 Å². The van der Waals surface area contributed by atoms with Crippen molar-refractivity contribution in [2.75, 3.05) is 13.2 Å². The molecule has 3 aliphatic rings. The van der Waals surface area contributed by atoms with Gasteiger partial charge in [0, 0.05) is 50.1 Å². The summed E-state index contributed by atoms with van der Waals surface area (Å²) < 4.78 is 70.4. The maximum absolute atomic E-state index is 14.3. The maximum atomic E-state index is 14.3. The second-order valence-corrected chi connectivity index (χ2v) is 9.51. The SMILES string of the molecule is CC.CC.CC.CC.Cn1cc(-c2c3cccn(Cc4ccccc4)c-3nc2-c2c(C(F)F)nn3c2OCCC3)c(OC(F)F)n1.NC(=O)CO. The van der Waals surface area contributed by atoms with Gasteiger partial charge in [0.2, 0.25) is 17.7 Å². The molecule has 0 aliphatic carbocycles. The number of primary amides is 1. The van der Waals surface area contributed by atoms with Crippen LogP contribution in [0.4, 0.5) is 17.6 Å². The molecule has 3 N–H and O–H groups in total. The van der Waals surface area contributed by atoms with Crippen molar-refractivity contribution in [2.45, 2.75) is 87.9 Å². The average Bonchev–Trinajstić information content (AvgIpc) is 3.84. The number of pyridine rings is 1. The quantitative estimate of drug-likeness (QED) is 0.154. The summed E-state index contributed by atoms with van der Waals surface area (Å²) in [6, 6.07) is 13.2. The van der Waals surface area contributed by atoms with Gasteiger partial charge >= 0.3 is 6.61 Å². The molecule has 5 heterocycles. The van der Waals surface area contributed by atoms with Gasteiger partial charge < -0.3 is 24.9 Å². The number of carbonyl (C=O) groups excluding carboxylic acids is 1. The zero-order chi connectivity index (χ0) is 38.7. The van der Waals surface area contributed by atoms with E-state index in [-0.39, 0.29) is 28.6 Å². The van der Waals surface area contributed by atoms with Gasteiger partial charge in [-0.1, -0.05) is 85.7 Å². The minimum absolute atomic E-state index is 0.0315. The van der Waals surface area contributed by atoms with Gasteiger partial charge in [-0.2, -0.15) is 13.9 Å². The van der Waals surface area contributed by atoms with Crippen molar-refractivity contribution in [1.82, 2.24) is 29.1 Å². The highest BCUT2D eigenvalue weighted by Crippen LogP contribution is 2.49. The van der Waals surface area contributed by atoms with Crippen molar-refractivity contribution in [3.8, 4) is 45.5 Å². The fourth-order valence-electron chi connectivity index (χ4n) is 4.84. The van der Waals surface area contributed by atoms with Gasteiger partial charge in [0.25, 0.3) is 6.43 Å². The van der Waals surface area contributed by atoms with Crippen molar-refractivity contribution in [2.24, 2.45) is 12.8 Å². The Labute approximate surface area is 297 Å². The maximum Gasteiger partial charge on any atom is 0.388 e.